The topological polar surface area (TPSA) is 29.1 Å². The average molecular weight is 359 g/mol. The zero-order valence-electron chi connectivity index (χ0n) is 9.79. The monoisotopic (exact) mass is 357 g/mol. The lowest BCUT2D eigenvalue weighted by Crippen LogP contribution is -2.22. The molecule has 0 radical (unpaired) electrons. The standard InChI is InChI=1S/C14H10BrCl2NO/c15-11-3-1-2-10(7-11)14(19)18-8-9-4-5-12(16)13(17)6-9/h1-7H,8H2,(H,18,19). The number of nitrogens with one attached hydrogen (secondary N) is 1. The lowest BCUT2D eigenvalue weighted by atomic mass is 10.2. The van der Waals surface area contributed by atoms with Gasteiger partial charge in [0.25, 0.3) is 5.91 Å². The summed E-state index contributed by atoms with van der Waals surface area (Å²) in [7, 11) is 0. The van der Waals surface area contributed by atoms with Gasteiger partial charge in [0.15, 0.2) is 0 Å². The van der Waals surface area contributed by atoms with E-state index in [4.69, 9.17) is 23.2 Å². The largest absolute Gasteiger partial charge is 0.348 e. The van der Waals surface area contributed by atoms with Crippen LogP contribution in [0.4, 0.5) is 0 Å². The fraction of sp³-hybridized carbons (Fsp3) is 0.0714. The molecular formula is C14H10BrCl2NO. The van der Waals surface area contributed by atoms with Crippen LogP contribution in [0.15, 0.2) is 46.9 Å². The van der Waals surface area contributed by atoms with Gasteiger partial charge in [0.2, 0.25) is 0 Å². The Morgan fingerprint density at radius 2 is 1.89 bits per heavy atom. The summed E-state index contributed by atoms with van der Waals surface area (Å²) in [6.07, 6.45) is 0. The van der Waals surface area contributed by atoms with Crippen molar-refractivity contribution in [1.82, 2.24) is 5.32 Å². The zero-order valence-corrected chi connectivity index (χ0v) is 12.9. The molecule has 0 aromatic heterocycles. The first-order valence-corrected chi connectivity index (χ1v) is 7.09. The van der Waals surface area contributed by atoms with Crippen molar-refractivity contribution in [1.29, 1.82) is 0 Å². The zero-order chi connectivity index (χ0) is 13.8. The number of carbonyl (C=O) groups is 1. The van der Waals surface area contributed by atoms with Crippen LogP contribution in [0, 0.1) is 0 Å². The molecule has 0 saturated heterocycles. The van der Waals surface area contributed by atoms with E-state index >= 15 is 0 Å². The minimum atomic E-state index is -0.132. The van der Waals surface area contributed by atoms with Crippen molar-refractivity contribution >= 4 is 45.0 Å². The minimum Gasteiger partial charge on any atom is -0.348 e. The minimum absolute atomic E-state index is 0.132. The van der Waals surface area contributed by atoms with Crippen molar-refractivity contribution in [2.75, 3.05) is 0 Å². The molecule has 0 bridgehead atoms. The van der Waals surface area contributed by atoms with Gasteiger partial charge in [0.05, 0.1) is 10.0 Å². The molecule has 0 aliphatic rings. The van der Waals surface area contributed by atoms with Crippen LogP contribution >= 0.6 is 39.1 Å². The molecule has 98 valence electrons. The third-order valence-corrected chi connectivity index (χ3v) is 3.76. The highest BCUT2D eigenvalue weighted by Gasteiger charge is 2.06. The maximum absolute atomic E-state index is 11.9. The Bertz CT molecular complexity index is 616. The Labute approximate surface area is 129 Å². The van der Waals surface area contributed by atoms with E-state index in [9.17, 15) is 4.79 Å². The van der Waals surface area contributed by atoms with Crippen LogP contribution in [-0.2, 0) is 6.54 Å². The molecule has 1 N–H and O–H groups in total. The predicted molar refractivity (Wildman–Crippen MR) is 81.8 cm³/mol. The van der Waals surface area contributed by atoms with Gasteiger partial charge in [-0.2, -0.15) is 0 Å². The Hall–Kier alpha value is -1.03. The highest BCUT2D eigenvalue weighted by atomic mass is 79.9. The van der Waals surface area contributed by atoms with Crippen molar-refractivity contribution in [3.05, 3.63) is 68.1 Å². The van der Waals surface area contributed by atoms with E-state index in [2.05, 4.69) is 21.2 Å². The van der Waals surface area contributed by atoms with Crippen LogP contribution in [-0.4, -0.2) is 5.91 Å². The van der Waals surface area contributed by atoms with E-state index in [1.54, 1.807) is 24.3 Å². The molecule has 19 heavy (non-hydrogen) atoms. The van der Waals surface area contributed by atoms with Crippen molar-refractivity contribution in [2.24, 2.45) is 0 Å². The molecule has 0 heterocycles. The molecule has 0 aliphatic carbocycles. The highest BCUT2D eigenvalue weighted by Crippen LogP contribution is 2.22. The van der Waals surface area contributed by atoms with Crippen molar-refractivity contribution in [3.8, 4) is 0 Å². The third-order valence-electron chi connectivity index (χ3n) is 2.52. The fourth-order valence-corrected chi connectivity index (χ4v) is 2.28. The van der Waals surface area contributed by atoms with Gasteiger partial charge < -0.3 is 5.32 Å². The third kappa shape index (κ3) is 3.96. The average Bonchev–Trinajstić information content (AvgIpc) is 2.40. The summed E-state index contributed by atoms with van der Waals surface area (Å²) < 4.78 is 0.870. The van der Waals surface area contributed by atoms with Gasteiger partial charge >= 0.3 is 0 Å². The van der Waals surface area contributed by atoms with Gasteiger partial charge in [-0.3, -0.25) is 4.79 Å². The predicted octanol–water partition coefficient (Wildman–Crippen LogP) is 4.69. The van der Waals surface area contributed by atoms with Crippen LogP contribution < -0.4 is 5.32 Å². The van der Waals surface area contributed by atoms with E-state index in [1.165, 1.54) is 0 Å². The van der Waals surface area contributed by atoms with Crippen LogP contribution in [0.3, 0.4) is 0 Å². The van der Waals surface area contributed by atoms with Crippen LogP contribution in [0.1, 0.15) is 15.9 Å². The second kappa shape index (κ2) is 6.42. The molecule has 0 spiro atoms. The van der Waals surface area contributed by atoms with E-state index in [0.29, 0.717) is 22.2 Å². The number of halogens is 3. The van der Waals surface area contributed by atoms with Gasteiger partial charge in [0, 0.05) is 16.6 Å². The normalized spacial score (nSPS) is 10.3. The first-order chi connectivity index (χ1) is 9.06. The summed E-state index contributed by atoms with van der Waals surface area (Å²) >= 11 is 15.1. The summed E-state index contributed by atoms with van der Waals surface area (Å²) in [6.45, 7) is 0.405. The van der Waals surface area contributed by atoms with E-state index in [1.807, 2.05) is 18.2 Å². The number of hydrogen-bond donors (Lipinski definition) is 1. The molecule has 1 amide bonds. The first-order valence-electron chi connectivity index (χ1n) is 5.54. The van der Waals surface area contributed by atoms with E-state index in [-0.39, 0.29) is 5.91 Å². The number of carbonyl (C=O) groups excluding carboxylic acids is 1. The van der Waals surface area contributed by atoms with Crippen molar-refractivity contribution in [3.63, 3.8) is 0 Å². The fourth-order valence-electron chi connectivity index (χ4n) is 1.56. The van der Waals surface area contributed by atoms with E-state index in [0.717, 1.165) is 10.0 Å². The summed E-state index contributed by atoms with van der Waals surface area (Å²) in [6, 6.07) is 12.5. The Balaban J connectivity index is 2.02. The molecule has 2 aromatic carbocycles. The molecule has 2 nitrogen and oxygen atoms in total. The number of benzene rings is 2. The first kappa shape index (κ1) is 14.4. The molecule has 0 aliphatic heterocycles. The SMILES string of the molecule is O=C(NCc1ccc(Cl)c(Cl)c1)c1cccc(Br)c1. The Morgan fingerprint density at radius 3 is 2.58 bits per heavy atom. The molecule has 0 saturated carbocycles. The van der Waals surface area contributed by atoms with Gasteiger partial charge in [-0.05, 0) is 35.9 Å². The molecule has 0 fully saturated rings. The molecular weight excluding hydrogens is 349 g/mol. The summed E-state index contributed by atoms with van der Waals surface area (Å²) in [4.78, 5) is 11.9. The van der Waals surface area contributed by atoms with Gasteiger partial charge in [-0.1, -0.05) is 51.3 Å². The molecule has 5 heteroatoms. The smallest absolute Gasteiger partial charge is 0.251 e. The van der Waals surface area contributed by atoms with Crippen molar-refractivity contribution in [2.45, 2.75) is 6.54 Å². The number of amides is 1. The van der Waals surface area contributed by atoms with Crippen LogP contribution in [0.2, 0.25) is 10.0 Å². The maximum Gasteiger partial charge on any atom is 0.251 e. The molecule has 0 unspecified atom stereocenters. The lowest BCUT2D eigenvalue weighted by Gasteiger charge is -2.06. The second-order valence-corrected chi connectivity index (χ2v) is 5.67. The summed E-state index contributed by atoms with van der Waals surface area (Å²) in [5.74, 6) is -0.132. The van der Waals surface area contributed by atoms with Gasteiger partial charge in [-0.15, -0.1) is 0 Å². The molecule has 2 aromatic rings. The highest BCUT2D eigenvalue weighted by molar-refractivity contribution is 9.10. The Morgan fingerprint density at radius 1 is 1.11 bits per heavy atom. The summed E-state index contributed by atoms with van der Waals surface area (Å²) in [5, 5.41) is 3.81. The van der Waals surface area contributed by atoms with Crippen LogP contribution in [0.5, 0.6) is 0 Å². The lowest BCUT2D eigenvalue weighted by molar-refractivity contribution is 0.0951. The van der Waals surface area contributed by atoms with Gasteiger partial charge in [-0.25, -0.2) is 0 Å². The van der Waals surface area contributed by atoms with Crippen molar-refractivity contribution < 1.29 is 4.79 Å². The van der Waals surface area contributed by atoms with Gasteiger partial charge in [0.1, 0.15) is 0 Å². The number of rotatable bonds is 3. The Kier molecular flexibility index (Phi) is 4.86. The molecule has 2 rings (SSSR count). The quantitative estimate of drug-likeness (QED) is 0.847. The maximum atomic E-state index is 11.9. The summed E-state index contributed by atoms with van der Waals surface area (Å²) in [5.41, 5.74) is 1.51. The number of hydrogen-bond acceptors (Lipinski definition) is 1. The van der Waals surface area contributed by atoms with E-state index < -0.39 is 0 Å². The molecule has 0 atom stereocenters. The second-order valence-electron chi connectivity index (χ2n) is 3.94. The van der Waals surface area contributed by atoms with Crippen LogP contribution in [0.25, 0.3) is 0 Å².